The molecular formula is C17H10ClFN4O2. The summed E-state index contributed by atoms with van der Waals surface area (Å²) >= 11 is 6.24. The Labute approximate surface area is 146 Å². The van der Waals surface area contributed by atoms with Crippen molar-refractivity contribution in [1.29, 1.82) is 0 Å². The molecule has 4 rings (SSSR count). The van der Waals surface area contributed by atoms with Gasteiger partial charge in [-0.1, -0.05) is 28.0 Å². The van der Waals surface area contributed by atoms with Gasteiger partial charge in [0.05, 0.1) is 5.02 Å². The summed E-state index contributed by atoms with van der Waals surface area (Å²) in [6.45, 7) is 1.68. The zero-order valence-corrected chi connectivity index (χ0v) is 13.7. The molecule has 6 nitrogen and oxygen atoms in total. The molecule has 0 bridgehead atoms. The van der Waals surface area contributed by atoms with Gasteiger partial charge < -0.3 is 9.05 Å². The van der Waals surface area contributed by atoms with Crippen molar-refractivity contribution >= 4 is 11.6 Å². The maximum atomic E-state index is 14.2. The van der Waals surface area contributed by atoms with Crippen LogP contribution in [0.1, 0.15) is 5.56 Å². The molecule has 0 spiro atoms. The Morgan fingerprint density at radius 3 is 2.20 bits per heavy atom. The molecule has 0 fully saturated rings. The Bertz CT molecular complexity index is 1030. The molecule has 2 aromatic carbocycles. The monoisotopic (exact) mass is 356 g/mol. The van der Waals surface area contributed by atoms with Gasteiger partial charge in [-0.25, -0.2) is 4.39 Å². The van der Waals surface area contributed by atoms with Gasteiger partial charge in [0.25, 0.3) is 0 Å². The first-order chi connectivity index (χ1) is 12.1. The zero-order chi connectivity index (χ0) is 17.4. The van der Waals surface area contributed by atoms with Crippen molar-refractivity contribution < 1.29 is 13.4 Å². The van der Waals surface area contributed by atoms with E-state index in [-0.39, 0.29) is 5.82 Å². The van der Waals surface area contributed by atoms with Crippen LogP contribution in [-0.2, 0) is 0 Å². The predicted octanol–water partition coefficient (Wildman–Crippen LogP) is 4.55. The van der Waals surface area contributed by atoms with Crippen LogP contribution < -0.4 is 0 Å². The highest BCUT2D eigenvalue weighted by atomic mass is 35.5. The number of aromatic nitrogens is 4. The standard InChI is InChI=1S/C17H10ClFN4O2/c1-9-4-12(16-20-7-24-22-16)11(6-15(9)19)10-2-3-14(18)13(5-10)17-21-8-25-23-17/h2-8H,1H3. The molecule has 0 saturated heterocycles. The van der Waals surface area contributed by atoms with E-state index in [1.807, 2.05) is 0 Å². The molecule has 8 heteroatoms. The molecule has 0 radical (unpaired) electrons. The summed E-state index contributed by atoms with van der Waals surface area (Å²) in [7, 11) is 0. The lowest BCUT2D eigenvalue weighted by molar-refractivity contribution is 0.418. The largest absolute Gasteiger partial charge is 0.342 e. The minimum Gasteiger partial charge on any atom is -0.342 e. The molecule has 0 aliphatic heterocycles. The normalized spacial score (nSPS) is 11.0. The van der Waals surface area contributed by atoms with Gasteiger partial charge in [0.15, 0.2) is 0 Å². The van der Waals surface area contributed by atoms with Crippen molar-refractivity contribution in [1.82, 2.24) is 20.3 Å². The Morgan fingerprint density at radius 1 is 0.880 bits per heavy atom. The van der Waals surface area contributed by atoms with Crippen LogP contribution in [0.15, 0.2) is 52.2 Å². The fraction of sp³-hybridized carbons (Fsp3) is 0.0588. The van der Waals surface area contributed by atoms with Gasteiger partial charge in [0, 0.05) is 11.1 Å². The summed E-state index contributed by atoms with van der Waals surface area (Å²) in [4.78, 5) is 8.08. The smallest absolute Gasteiger partial charge is 0.214 e. The number of rotatable bonds is 3. The van der Waals surface area contributed by atoms with Gasteiger partial charge >= 0.3 is 0 Å². The number of hydrogen-bond donors (Lipinski definition) is 0. The van der Waals surface area contributed by atoms with Gasteiger partial charge in [-0.3, -0.25) is 0 Å². The number of aryl methyl sites for hydroxylation is 1. The van der Waals surface area contributed by atoms with E-state index in [0.717, 1.165) is 0 Å². The summed E-state index contributed by atoms with van der Waals surface area (Å²) < 4.78 is 23.8. The lowest BCUT2D eigenvalue weighted by Gasteiger charge is -2.11. The summed E-state index contributed by atoms with van der Waals surface area (Å²) in [5, 5.41) is 8.12. The molecule has 0 unspecified atom stereocenters. The molecule has 0 atom stereocenters. The molecule has 0 aliphatic rings. The number of hydrogen-bond acceptors (Lipinski definition) is 6. The van der Waals surface area contributed by atoms with Crippen LogP contribution in [0.4, 0.5) is 4.39 Å². The minimum atomic E-state index is -0.335. The quantitative estimate of drug-likeness (QED) is 0.535. The summed E-state index contributed by atoms with van der Waals surface area (Å²) in [6.07, 6.45) is 2.44. The number of nitrogens with zero attached hydrogens (tertiary/aromatic N) is 4. The maximum Gasteiger partial charge on any atom is 0.214 e. The number of halogens is 2. The molecule has 2 heterocycles. The van der Waals surface area contributed by atoms with E-state index in [4.69, 9.17) is 20.6 Å². The van der Waals surface area contributed by atoms with Crippen LogP contribution in [0.2, 0.25) is 5.02 Å². The highest BCUT2D eigenvalue weighted by Gasteiger charge is 2.17. The van der Waals surface area contributed by atoms with Crippen LogP contribution in [0.3, 0.4) is 0 Å². The topological polar surface area (TPSA) is 77.8 Å². The van der Waals surface area contributed by atoms with E-state index < -0.39 is 0 Å². The van der Waals surface area contributed by atoms with E-state index in [9.17, 15) is 4.39 Å². The highest BCUT2D eigenvalue weighted by molar-refractivity contribution is 6.33. The van der Waals surface area contributed by atoms with Crippen molar-refractivity contribution in [2.45, 2.75) is 6.92 Å². The third-order valence-electron chi connectivity index (χ3n) is 3.78. The fourth-order valence-electron chi connectivity index (χ4n) is 2.55. The molecular weight excluding hydrogens is 347 g/mol. The van der Waals surface area contributed by atoms with Crippen LogP contribution in [0, 0.1) is 12.7 Å². The lowest BCUT2D eigenvalue weighted by Crippen LogP contribution is -1.93. The van der Waals surface area contributed by atoms with E-state index in [0.29, 0.717) is 44.5 Å². The zero-order valence-electron chi connectivity index (χ0n) is 12.9. The van der Waals surface area contributed by atoms with Crippen LogP contribution >= 0.6 is 11.6 Å². The predicted molar refractivity (Wildman–Crippen MR) is 88.2 cm³/mol. The van der Waals surface area contributed by atoms with Gasteiger partial charge in [0.2, 0.25) is 24.4 Å². The number of benzene rings is 2. The first-order valence-electron chi connectivity index (χ1n) is 7.27. The maximum absolute atomic E-state index is 14.2. The van der Waals surface area contributed by atoms with Crippen molar-refractivity contribution in [3.05, 3.63) is 59.5 Å². The lowest BCUT2D eigenvalue weighted by atomic mass is 9.95. The van der Waals surface area contributed by atoms with Crippen molar-refractivity contribution in [2.75, 3.05) is 0 Å². The Hall–Kier alpha value is -3.06. The molecule has 0 amide bonds. The molecule has 0 N–H and O–H groups in total. The van der Waals surface area contributed by atoms with Gasteiger partial charge in [0.1, 0.15) is 5.82 Å². The average molecular weight is 357 g/mol. The molecule has 0 aliphatic carbocycles. The van der Waals surface area contributed by atoms with Crippen molar-refractivity contribution in [3.8, 4) is 33.9 Å². The van der Waals surface area contributed by atoms with Crippen LogP contribution in [-0.4, -0.2) is 20.3 Å². The SMILES string of the molecule is Cc1cc(-c2ncon2)c(-c2ccc(Cl)c(-c3ncon3)c2)cc1F. The molecule has 25 heavy (non-hydrogen) atoms. The van der Waals surface area contributed by atoms with E-state index in [1.165, 1.54) is 18.9 Å². The summed E-state index contributed by atoms with van der Waals surface area (Å²) in [5.41, 5.74) is 3.02. The van der Waals surface area contributed by atoms with Crippen LogP contribution in [0.5, 0.6) is 0 Å². The average Bonchev–Trinajstić information content (AvgIpc) is 3.30. The Morgan fingerprint density at radius 2 is 1.56 bits per heavy atom. The minimum absolute atomic E-state index is 0.335. The molecule has 0 saturated carbocycles. The van der Waals surface area contributed by atoms with E-state index in [2.05, 4.69) is 20.3 Å². The van der Waals surface area contributed by atoms with Gasteiger partial charge in [-0.15, -0.1) is 0 Å². The van der Waals surface area contributed by atoms with E-state index >= 15 is 0 Å². The first kappa shape index (κ1) is 15.5. The summed E-state index contributed by atoms with van der Waals surface area (Å²) in [6, 6.07) is 8.35. The second kappa shape index (κ2) is 6.10. The van der Waals surface area contributed by atoms with Crippen molar-refractivity contribution in [3.63, 3.8) is 0 Å². The first-order valence-corrected chi connectivity index (χ1v) is 7.65. The van der Waals surface area contributed by atoms with Crippen LogP contribution in [0.25, 0.3) is 33.9 Å². The third-order valence-corrected chi connectivity index (χ3v) is 4.11. The second-order valence-corrected chi connectivity index (χ2v) is 5.76. The second-order valence-electron chi connectivity index (χ2n) is 5.35. The Balaban J connectivity index is 1.93. The third kappa shape index (κ3) is 2.78. The molecule has 4 aromatic rings. The fourth-order valence-corrected chi connectivity index (χ4v) is 2.75. The van der Waals surface area contributed by atoms with Gasteiger partial charge in [-0.05, 0) is 47.9 Å². The van der Waals surface area contributed by atoms with Gasteiger partial charge in [-0.2, -0.15) is 9.97 Å². The summed E-state index contributed by atoms with van der Waals surface area (Å²) in [5.74, 6) is 0.382. The molecule has 124 valence electrons. The van der Waals surface area contributed by atoms with E-state index in [1.54, 1.807) is 31.2 Å². The molecule has 2 aromatic heterocycles. The van der Waals surface area contributed by atoms with Crippen molar-refractivity contribution in [2.24, 2.45) is 0 Å². The highest BCUT2D eigenvalue weighted by Crippen LogP contribution is 2.36. The Kier molecular flexibility index (Phi) is 3.77.